The van der Waals surface area contributed by atoms with Crippen LogP contribution in [0, 0.1) is 13.8 Å². The van der Waals surface area contributed by atoms with Crippen molar-refractivity contribution in [2.24, 2.45) is 0 Å². The minimum absolute atomic E-state index is 0.220. The molecule has 0 unspecified atom stereocenters. The highest BCUT2D eigenvalue weighted by atomic mass is 16.5. The van der Waals surface area contributed by atoms with Gasteiger partial charge in [-0.25, -0.2) is 4.79 Å². The van der Waals surface area contributed by atoms with Gasteiger partial charge in [-0.15, -0.1) is 0 Å². The largest absolute Gasteiger partial charge is 0.493 e. The van der Waals surface area contributed by atoms with Crippen molar-refractivity contribution in [3.05, 3.63) is 29.0 Å². The number of aromatic carboxylic acids is 1. The van der Waals surface area contributed by atoms with Crippen molar-refractivity contribution >= 4 is 5.97 Å². The van der Waals surface area contributed by atoms with Gasteiger partial charge in [0.25, 0.3) is 0 Å². The van der Waals surface area contributed by atoms with Crippen LogP contribution in [0.4, 0.5) is 0 Å². The minimum Gasteiger partial charge on any atom is -0.493 e. The number of ether oxygens (including phenoxy) is 2. The summed E-state index contributed by atoms with van der Waals surface area (Å²) in [5.41, 5.74) is 2.98. The number of benzene rings is 1. The molecular formula is C14H15NO5. The van der Waals surface area contributed by atoms with Crippen LogP contribution in [0.5, 0.6) is 11.5 Å². The summed E-state index contributed by atoms with van der Waals surface area (Å²) in [5, 5.41) is 12.7. The van der Waals surface area contributed by atoms with E-state index < -0.39 is 5.97 Å². The zero-order valence-electron chi connectivity index (χ0n) is 11.7. The monoisotopic (exact) mass is 277 g/mol. The predicted octanol–water partition coefficient (Wildman–Crippen LogP) is 2.67. The average Bonchev–Trinajstić information content (AvgIpc) is 2.90. The maximum Gasteiger partial charge on any atom is 0.374 e. The molecule has 0 aliphatic rings. The van der Waals surface area contributed by atoms with Crippen LogP contribution in [0.2, 0.25) is 0 Å². The standard InChI is InChI=1S/C14H15NO5/c1-7-5-10(18-3)13(19-4)12(8(7)2)9-6-11(14(16)17)20-15-9/h5-6H,1-4H3,(H,16,17). The number of nitrogens with zero attached hydrogens (tertiary/aromatic N) is 1. The summed E-state index contributed by atoms with van der Waals surface area (Å²) in [6.45, 7) is 3.83. The number of carboxylic acids is 1. The second kappa shape index (κ2) is 5.24. The quantitative estimate of drug-likeness (QED) is 0.925. The van der Waals surface area contributed by atoms with Crippen LogP contribution in [-0.4, -0.2) is 30.5 Å². The van der Waals surface area contributed by atoms with E-state index >= 15 is 0 Å². The normalized spacial score (nSPS) is 10.4. The van der Waals surface area contributed by atoms with Crippen LogP contribution >= 0.6 is 0 Å². The molecule has 0 atom stereocenters. The van der Waals surface area contributed by atoms with Crippen LogP contribution < -0.4 is 9.47 Å². The Labute approximate surface area is 115 Å². The lowest BCUT2D eigenvalue weighted by Crippen LogP contribution is -1.98. The molecule has 0 saturated heterocycles. The van der Waals surface area contributed by atoms with Crippen molar-refractivity contribution in [1.29, 1.82) is 0 Å². The Kier molecular flexibility index (Phi) is 3.65. The zero-order valence-corrected chi connectivity index (χ0v) is 11.7. The first-order valence-corrected chi connectivity index (χ1v) is 5.92. The molecule has 2 rings (SSSR count). The number of carbonyl (C=O) groups is 1. The predicted molar refractivity (Wildman–Crippen MR) is 71.5 cm³/mol. The summed E-state index contributed by atoms with van der Waals surface area (Å²) in [5.74, 6) is -0.326. The number of hydrogen-bond donors (Lipinski definition) is 1. The van der Waals surface area contributed by atoms with Crippen molar-refractivity contribution in [3.8, 4) is 22.8 Å². The van der Waals surface area contributed by atoms with Crippen LogP contribution in [0.1, 0.15) is 21.7 Å². The van der Waals surface area contributed by atoms with Crippen molar-refractivity contribution < 1.29 is 23.9 Å². The Morgan fingerprint density at radius 3 is 2.45 bits per heavy atom. The highest BCUT2D eigenvalue weighted by Gasteiger charge is 2.21. The van der Waals surface area contributed by atoms with E-state index in [4.69, 9.17) is 19.1 Å². The lowest BCUT2D eigenvalue weighted by molar-refractivity contribution is 0.0652. The third-order valence-electron chi connectivity index (χ3n) is 3.17. The minimum atomic E-state index is -1.17. The van der Waals surface area contributed by atoms with Gasteiger partial charge in [0.2, 0.25) is 5.76 Å². The molecule has 0 radical (unpaired) electrons. The van der Waals surface area contributed by atoms with Gasteiger partial charge in [0.05, 0.1) is 19.8 Å². The van der Waals surface area contributed by atoms with Gasteiger partial charge in [-0.2, -0.15) is 0 Å². The van der Waals surface area contributed by atoms with Gasteiger partial charge in [0, 0.05) is 6.07 Å². The highest BCUT2D eigenvalue weighted by Crippen LogP contribution is 2.41. The number of aryl methyl sites for hydroxylation is 1. The highest BCUT2D eigenvalue weighted by molar-refractivity contribution is 5.87. The van der Waals surface area contributed by atoms with Crippen LogP contribution in [0.15, 0.2) is 16.7 Å². The summed E-state index contributed by atoms with van der Waals surface area (Å²) >= 11 is 0. The number of methoxy groups -OCH3 is 2. The molecule has 0 spiro atoms. The number of hydrogen-bond acceptors (Lipinski definition) is 5. The van der Waals surface area contributed by atoms with Crippen molar-refractivity contribution in [1.82, 2.24) is 5.16 Å². The van der Waals surface area contributed by atoms with Crippen molar-refractivity contribution in [3.63, 3.8) is 0 Å². The summed E-state index contributed by atoms with van der Waals surface area (Å²) in [7, 11) is 3.07. The van der Waals surface area contributed by atoms with Crippen LogP contribution in [0.3, 0.4) is 0 Å². The maximum absolute atomic E-state index is 10.9. The lowest BCUT2D eigenvalue weighted by Gasteiger charge is -2.15. The molecule has 6 heteroatoms. The fraction of sp³-hybridized carbons (Fsp3) is 0.286. The molecule has 0 aliphatic heterocycles. The van der Waals surface area contributed by atoms with E-state index in [1.807, 2.05) is 19.9 Å². The van der Waals surface area contributed by atoms with E-state index in [1.165, 1.54) is 13.2 Å². The van der Waals surface area contributed by atoms with E-state index in [0.717, 1.165) is 11.1 Å². The summed E-state index contributed by atoms with van der Waals surface area (Å²) in [6.07, 6.45) is 0. The Balaban J connectivity index is 2.70. The SMILES string of the molecule is COc1cc(C)c(C)c(-c2cc(C(=O)O)on2)c1OC. The second-order valence-corrected chi connectivity index (χ2v) is 4.31. The first kappa shape index (κ1) is 13.9. The van der Waals surface area contributed by atoms with Crippen molar-refractivity contribution in [2.75, 3.05) is 14.2 Å². The fourth-order valence-corrected chi connectivity index (χ4v) is 2.02. The summed E-state index contributed by atoms with van der Waals surface area (Å²) < 4.78 is 15.5. The molecular weight excluding hydrogens is 262 g/mol. The van der Waals surface area contributed by atoms with Gasteiger partial charge in [-0.3, -0.25) is 0 Å². The Morgan fingerprint density at radius 1 is 1.25 bits per heavy atom. The number of carboxylic acid groups (broad SMARTS) is 1. The number of aromatic nitrogens is 1. The lowest BCUT2D eigenvalue weighted by atomic mass is 9.98. The Hall–Kier alpha value is -2.50. The van der Waals surface area contributed by atoms with E-state index in [0.29, 0.717) is 22.8 Å². The molecule has 0 saturated carbocycles. The van der Waals surface area contributed by atoms with E-state index in [9.17, 15) is 4.79 Å². The van der Waals surface area contributed by atoms with Crippen molar-refractivity contribution in [2.45, 2.75) is 13.8 Å². The Morgan fingerprint density at radius 2 is 1.95 bits per heavy atom. The third-order valence-corrected chi connectivity index (χ3v) is 3.17. The molecule has 0 aliphatic carbocycles. The summed E-state index contributed by atoms with van der Waals surface area (Å²) in [4.78, 5) is 10.9. The smallest absolute Gasteiger partial charge is 0.374 e. The molecule has 20 heavy (non-hydrogen) atoms. The fourth-order valence-electron chi connectivity index (χ4n) is 2.02. The van der Waals surface area contributed by atoms with Crippen LogP contribution in [0.25, 0.3) is 11.3 Å². The summed E-state index contributed by atoms with van der Waals surface area (Å²) in [6, 6.07) is 3.22. The van der Waals surface area contributed by atoms with Gasteiger partial charge in [-0.1, -0.05) is 5.16 Å². The molecule has 106 valence electrons. The Bertz CT molecular complexity index is 660. The number of rotatable bonds is 4. The zero-order chi connectivity index (χ0) is 14.9. The van der Waals surface area contributed by atoms with Gasteiger partial charge < -0.3 is 19.1 Å². The van der Waals surface area contributed by atoms with E-state index in [-0.39, 0.29) is 5.76 Å². The molecule has 0 amide bonds. The first-order valence-electron chi connectivity index (χ1n) is 5.92. The molecule has 1 aromatic carbocycles. The molecule has 1 aromatic heterocycles. The molecule has 1 heterocycles. The van der Waals surface area contributed by atoms with E-state index in [1.54, 1.807) is 7.11 Å². The first-order chi connectivity index (χ1) is 9.49. The molecule has 0 fully saturated rings. The average molecular weight is 277 g/mol. The molecule has 1 N–H and O–H groups in total. The van der Waals surface area contributed by atoms with Gasteiger partial charge in [0.1, 0.15) is 5.69 Å². The van der Waals surface area contributed by atoms with Gasteiger partial charge >= 0.3 is 5.97 Å². The maximum atomic E-state index is 10.9. The molecule has 2 aromatic rings. The van der Waals surface area contributed by atoms with E-state index in [2.05, 4.69) is 5.16 Å². The van der Waals surface area contributed by atoms with Gasteiger partial charge in [0.15, 0.2) is 11.5 Å². The third kappa shape index (κ3) is 2.20. The molecule has 0 bridgehead atoms. The van der Waals surface area contributed by atoms with Gasteiger partial charge in [-0.05, 0) is 31.0 Å². The van der Waals surface area contributed by atoms with Crippen LogP contribution in [-0.2, 0) is 0 Å². The molecule has 6 nitrogen and oxygen atoms in total. The second-order valence-electron chi connectivity index (χ2n) is 4.31. The topological polar surface area (TPSA) is 81.8 Å².